The number of carbonyl (C=O) groups is 1. The normalized spacial score (nSPS) is 13.6. The van der Waals surface area contributed by atoms with Crippen LogP contribution in [0.1, 0.15) is 27.5 Å². The minimum atomic E-state index is -0.288. The number of H-pyrrole nitrogens is 1. The first-order chi connectivity index (χ1) is 12.1. The Kier molecular flexibility index (Phi) is 3.60. The van der Waals surface area contributed by atoms with E-state index in [2.05, 4.69) is 25.1 Å². The Morgan fingerprint density at radius 3 is 2.96 bits per heavy atom. The predicted octanol–water partition coefficient (Wildman–Crippen LogP) is 0.722. The lowest BCUT2D eigenvalue weighted by Gasteiger charge is -2.26. The van der Waals surface area contributed by atoms with Crippen LogP contribution in [0.25, 0.3) is 11.5 Å². The summed E-state index contributed by atoms with van der Waals surface area (Å²) < 4.78 is 5.02. The van der Waals surface area contributed by atoms with E-state index in [9.17, 15) is 9.59 Å². The van der Waals surface area contributed by atoms with Gasteiger partial charge in [-0.05, 0) is 6.92 Å². The van der Waals surface area contributed by atoms with Gasteiger partial charge in [-0.25, -0.2) is 9.97 Å². The van der Waals surface area contributed by atoms with Gasteiger partial charge in [-0.2, -0.15) is 0 Å². The molecule has 4 heterocycles. The first-order valence-corrected chi connectivity index (χ1v) is 7.73. The van der Waals surface area contributed by atoms with Gasteiger partial charge in [0.1, 0.15) is 5.69 Å². The first kappa shape index (κ1) is 15.2. The molecule has 0 saturated carbocycles. The monoisotopic (exact) mass is 338 g/mol. The number of hydrogen-bond acceptors (Lipinski definition) is 7. The van der Waals surface area contributed by atoms with Crippen molar-refractivity contribution in [3.63, 3.8) is 0 Å². The van der Waals surface area contributed by atoms with E-state index >= 15 is 0 Å². The molecule has 4 rings (SSSR count). The third kappa shape index (κ3) is 2.80. The van der Waals surface area contributed by atoms with Crippen molar-refractivity contribution in [2.45, 2.75) is 19.9 Å². The van der Waals surface area contributed by atoms with E-state index in [0.29, 0.717) is 41.4 Å². The van der Waals surface area contributed by atoms with Crippen LogP contribution in [0.3, 0.4) is 0 Å². The Bertz CT molecular complexity index is 995. The Labute approximate surface area is 141 Å². The van der Waals surface area contributed by atoms with Gasteiger partial charge in [-0.15, -0.1) is 0 Å². The van der Waals surface area contributed by atoms with Crippen molar-refractivity contribution in [3.05, 3.63) is 57.7 Å². The van der Waals surface area contributed by atoms with Gasteiger partial charge < -0.3 is 14.4 Å². The molecule has 1 amide bonds. The molecule has 9 nitrogen and oxygen atoms in total. The van der Waals surface area contributed by atoms with Crippen molar-refractivity contribution >= 4 is 5.91 Å². The van der Waals surface area contributed by atoms with Crippen molar-refractivity contribution in [2.75, 3.05) is 6.54 Å². The van der Waals surface area contributed by atoms with Crippen LogP contribution >= 0.6 is 0 Å². The summed E-state index contributed by atoms with van der Waals surface area (Å²) in [5.74, 6) is 0.257. The molecule has 1 aliphatic heterocycles. The molecule has 3 aromatic rings. The Morgan fingerprint density at radius 2 is 2.24 bits per heavy atom. The van der Waals surface area contributed by atoms with Gasteiger partial charge in [0, 0.05) is 31.4 Å². The molecule has 0 aliphatic carbocycles. The highest BCUT2D eigenvalue weighted by molar-refractivity contribution is 5.91. The van der Waals surface area contributed by atoms with Crippen LogP contribution in [0.4, 0.5) is 0 Å². The minimum Gasteiger partial charge on any atom is -0.351 e. The fourth-order valence-corrected chi connectivity index (χ4v) is 2.76. The number of carbonyl (C=O) groups excluding carboxylic acids is 1. The van der Waals surface area contributed by atoms with Gasteiger partial charge in [0.15, 0.2) is 5.82 Å². The third-order valence-electron chi connectivity index (χ3n) is 4.00. The number of rotatable bonds is 2. The standard InChI is InChI=1S/C16H14N6O3/c1-9-6-13(25-21-9)16(24)22-5-2-11-10(8-22)15(23)20-14(19-11)12-7-17-3-4-18-12/h3-4,6-7H,2,5,8H2,1H3,(H,19,20,23). The SMILES string of the molecule is Cc1cc(C(=O)N2CCc3nc(-c4cnccn4)[nH]c(=O)c3C2)on1. The average Bonchev–Trinajstić information content (AvgIpc) is 3.08. The summed E-state index contributed by atoms with van der Waals surface area (Å²) in [5, 5.41) is 3.72. The Hall–Kier alpha value is -3.36. The second kappa shape index (κ2) is 5.93. The number of aromatic amines is 1. The maximum absolute atomic E-state index is 12.5. The van der Waals surface area contributed by atoms with Crippen LogP contribution in [0.5, 0.6) is 0 Å². The zero-order valence-electron chi connectivity index (χ0n) is 13.4. The lowest BCUT2D eigenvalue weighted by Crippen LogP contribution is -2.39. The Morgan fingerprint density at radius 1 is 1.36 bits per heavy atom. The average molecular weight is 338 g/mol. The molecule has 1 aliphatic rings. The molecule has 9 heteroatoms. The van der Waals surface area contributed by atoms with Gasteiger partial charge in [0.25, 0.3) is 11.5 Å². The summed E-state index contributed by atoms with van der Waals surface area (Å²) in [6.45, 7) is 2.37. The molecule has 0 unspecified atom stereocenters. The zero-order valence-corrected chi connectivity index (χ0v) is 13.4. The van der Waals surface area contributed by atoms with Crippen molar-refractivity contribution in [1.29, 1.82) is 0 Å². The van der Waals surface area contributed by atoms with Crippen LogP contribution < -0.4 is 5.56 Å². The lowest BCUT2D eigenvalue weighted by molar-refractivity contribution is 0.0690. The summed E-state index contributed by atoms with van der Waals surface area (Å²) in [4.78, 5) is 41.8. The quantitative estimate of drug-likeness (QED) is 0.731. The van der Waals surface area contributed by atoms with Gasteiger partial charge in [-0.3, -0.25) is 14.6 Å². The molecule has 0 spiro atoms. The molecule has 0 saturated heterocycles. The number of aryl methyl sites for hydroxylation is 1. The number of nitrogens with one attached hydrogen (secondary N) is 1. The van der Waals surface area contributed by atoms with Crippen molar-refractivity contribution in [2.24, 2.45) is 0 Å². The second-order valence-electron chi connectivity index (χ2n) is 5.74. The van der Waals surface area contributed by atoms with E-state index in [0.717, 1.165) is 0 Å². The number of aromatic nitrogens is 5. The van der Waals surface area contributed by atoms with E-state index in [1.807, 2.05) is 0 Å². The van der Waals surface area contributed by atoms with Crippen LogP contribution in [0, 0.1) is 6.92 Å². The minimum absolute atomic E-state index is 0.168. The van der Waals surface area contributed by atoms with Gasteiger partial charge in [-0.1, -0.05) is 5.16 Å². The molecular weight excluding hydrogens is 324 g/mol. The van der Waals surface area contributed by atoms with E-state index < -0.39 is 0 Å². The molecule has 0 bridgehead atoms. The molecule has 0 aromatic carbocycles. The summed E-state index contributed by atoms with van der Waals surface area (Å²) >= 11 is 0. The highest BCUT2D eigenvalue weighted by atomic mass is 16.5. The largest absolute Gasteiger partial charge is 0.351 e. The molecule has 3 aromatic heterocycles. The van der Waals surface area contributed by atoms with E-state index in [1.165, 1.54) is 12.4 Å². The van der Waals surface area contributed by atoms with E-state index in [4.69, 9.17) is 4.52 Å². The summed E-state index contributed by atoms with van der Waals surface area (Å²) in [5.41, 5.74) is 1.99. The van der Waals surface area contributed by atoms with Crippen molar-refractivity contribution in [3.8, 4) is 11.5 Å². The van der Waals surface area contributed by atoms with Crippen molar-refractivity contribution < 1.29 is 9.32 Å². The van der Waals surface area contributed by atoms with E-state index in [-0.39, 0.29) is 23.8 Å². The number of hydrogen-bond donors (Lipinski definition) is 1. The van der Waals surface area contributed by atoms with Crippen LogP contribution in [0.15, 0.2) is 34.0 Å². The number of nitrogens with zero attached hydrogens (tertiary/aromatic N) is 5. The molecule has 0 radical (unpaired) electrons. The lowest BCUT2D eigenvalue weighted by atomic mass is 10.1. The molecule has 0 atom stereocenters. The highest BCUT2D eigenvalue weighted by Gasteiger charge is 2.27. The smallest absolute Gasteiger partial charge is 0.292 e. The highest BCUT2D eigenvalue weighted by Crippen LogP contribution is 2.19. The number of fused-ring (bicyclic) bond motifs is 1. The van der Waals surface area contributed by atoms with Crippen LogP contribution in [0.2, 0.25) is 0 Å². The molecule has 25 heavy (non-hydrogen) atoms. The topological polar surface area (TPSA) is 118 Å². The van der Waals surface area contributed by atoms with Crippen molar-refractivity contribution in [1.82, 2.24) is 30.0 Å². The van der Waals surface area contributed by atoms with Crippen LogP contribution in [-0.2, 0) is 13.0 Å². The molecular formula is C16H14N6O3. The predicted molar refractivity (Wildman–Crippen MR) is 85.6 cm³/mol. The van der Waals surface area contributed by atoms with Gasteiger partial charge >= 0.3 is 0 Å². The van der Waals surface area contributed by atoms with Gasteiger partial charge in [0.05, 0.1) is 29.7 Å². The maximum Gasteiger partial charge on any atom is 0.292 e. The summed E-state index contributed by atoms with van der Waals surface area (Å²) in [7, 11) is 0. The Balaban J connectivity index is 1.64. The summed E-state index contributed by atoms with van der Waals surface area (Å²) in [6, 6.07) is 1.58. The summed E-state index contributed by atoms with van der Waals surface area (Å²) in [6.07, 6.45) is 5.10. The zero-order chi connectivity index (χ0) is 17.4. The molecule has 0 fully saturated rings. The number of amides is 1. The first-order valence-electron chi connectivity index (χ1n) is 7.73. The molecule has 126 valence electrons. The maximum atomic E-state index is 12.5. The third-order valence-corrected chi connectivity index (χ3v) is 4.00. The van der Waals surface area contributed by atoms with Gasteiger partial charge in [0.2, 0.25) is 5.76 Å². The molecule has 1 N–H and O–H groups in total. The van der Waals surface area contributed by atoms with Crippen LogP contribution in [-0.4, -0.2) is 42.4 Å². The van der Waals surface area contributed by atoms with E-state index in [1.54, 1.807) is 24.1 Å². The second-order valence-corrected chi connectivity index (χ2v) is 5.74. The fraction of sp³-hybridized carbons (Fsp3) is 0.250. The fourth-order valence-electron chi connectivity index (χ4n) is 2.76.